The lowest BCUT2D eigenvalue weighted by Gasteiger charge is -2.35. The number of esters is 1. The smallest absolute Gasteiger partial charge is 0.329 e. The highest BCUT2D eigenvalue weighted by Crippen LogP contribution is 2.32. The summed E-state index contributed by atoms with van der Waals surface area (Å²) in [5.41, 5.74) is 3.32. The molecule has 1 amide bonds. The van der Waals surface area contributed by atoms with Crippen LogP contribution in [0.15, 0.2) is 78.9 Å². The van der Waals surface area contributed by atoms with Gasteiger partial charge < -0.3 is 14.5 Å². The number of tetrazole rings is 1. The molecule has 0 spiro atoms. The van der Waals surface area contributed by atoms with E-state index in [-0.39, 0.29) is 31.4 Å². The van der Waals surface area contributed by atoms with Gasteiger partial charge in [0.2, 0.25) is 11.7 Å². The molecule has 12 nitrogen and oxygen atoms in total. The average molecular weight is 671 g/mol. The van der Waals surface area contributed by atoms with E-state index in [0.29, 0.717) is 18.7 Å². The number of amides is 1. The van der Waals surface area contributed by atoms with Crippen LogP contribution in [0.4, 0.5) is 0 Å². The Balaban J connectivity index is 1.59. The van der Waals surface area contributed by atoms with Crippen LogP contribution in [0.25, 0.3) is 22.5 Å². The number of nitrogens with zero attached hydrogens (tertiary/aromatic N) is 6. The summed E-state index contributed by atoms with van der Waals surface area (Å²) in [5, 5.41) is 23.3. The van der Waals surface area contributed by atoms with Crippen molar-refractivity contribution >= 4 is 11.9 Å². The van der Waals surface area contributed by atoms with Gasteiger partial charge in [0, 0.05) is 18.5 Å². The topological polar surface area (TPSA) is 143 Å². The highest BCUT2D eigenvalue weighted by atomic mass is 16.9. The SMILES string of the molecule is CC(C)[C@@H](C(=O)OC(C)(C)C)N(Cc1ccc(-c2ccccc2-c2nnn(C(C)(C)c3ccccc3)n2)cc1)C(=O)CCCCO[N+](=O)[O-]. The second-order valence-electron chi connectivity index (χ2n) is 13.8. The van der Waals surface area contributed by atoms with E-state index in [2.05, 4.69) is 15.1 Å². The summed E-state index contributed by atoms with van der Waals surface area (Å²) in [7, 11) is 0. The largest absolute Gasteiger partial charge is 0.458 e. The molecule has 4 aromatic rings. The second kappa shape index (κ2) is 15.8. The highest BCUT2D eigenvalue weighted by molar-refractivity contribution is 5.85. The molecule has 0 saturated carbocycles. The standard InChI is InChI=1S/C37H46N6O6/c1-26(2)33(35(45)49-36(3,4)5)41(32(44)19-13-14-24-48-43(46)47)25-27-20-22-28(23-21-27)30-17-11-12-18-31(30)34-38-40-42(39-34)37(6,7)29-15-9-8-10-16-29/h8-12,15-18,20-23,26,33H,13-14,19,24-25H2,1-7H3/t33-/m0/s1. The van der Waals surface area contributed by atoms with Gasteiger partial charge in [-0.2, -0.15) is 4.80 Å². The first kappa shape index (κ1) is 36.7. The molecule has 0 aliphatic rings. The zero-order valence-corrected chi connectivity index (χ0v) is 29.3. The fourth-order valence-electron chi connectivity index (χ4n) is 5.56. The summed E-state index contributed by atoms with van der Waals surface area (Å²) in [6.45, 7) is 13.3. The molecule has 0 bridgehead atoms. The lowest BCUT2D eigenvalue weighted by atomic mass is 9.95. The van der Waals surface area contributed by atoms with Gasteiger partial charge in [-0.05, 0) is 80.8 Å². The molecule has 49 heavy (non-hydrogen) atoms. The van der Waals surface area contributed by atoms with E-state index < -0.39 is 28.2 Å². The van der Waals surface area contributed by atoms with Gasteiger partial charge in [-0.25, -0.2) is 4.79 Å². The Kier molecular flexibility index (Phi) is 11.9. The van der Waals surface area contributed by atoms with E-state index >= 15 is 0 Å². The van der Waals surface area contributed by atoms with Crippen LogP contribution in [0.5, 0.6) is 0 Å². The summed E-state index contributed by atoms with van der Waals surface area (Å²) in [5.74, 6) is -0.446. The molecule has 12 heteroatoms. The molecule has 260 valence electrons. The van der Waals surface area contributed by atoms with Crippen molar-refractivity contribution in [3.63, 3.8) is 0 Å². The fourth-order valence-corrected chi connectivity index (χ4v) is 5.56. The molecule has 0 aliphatic heterocycles. The van der Waals surface area contributed by atoms with Gasteiger partial charge in [-0.3, -0.25) is 4.79 Å². The molecule has 1 atom stereocenters. The molecule has 0 saturated heterocycles. The predicted molar refractivity (Wildman–Crippen MR) is 185 cm³/mol. The van der Waals surface area contributed by atoms with Crippen molar-refractivity contribution in [2.24, 2.45) is 5.92 Å². The van der Waals surface area contributed by atoms with E-state index in [4.69, 9.17) is 9.84 Å². The van der Waals surface area contributed by atoms with Gasteiger partial charge in [0.1, 0.15) is 17.2 Å². The van der Waals surface area contributed by atoms with Gasteiger partial charge in [0.05, 0.1) is 6.61 Å². The van der Waals surface area contributed by atoms with Crippen molar-refractivity contribution in [2.75, 3.05) is 6.61 Å². The van der Waals surface area contributed by atoms with Crippen molar-refractivity contribution in [1.29, 1.82) is 0 Å². The quantitative estimate of drug-likeness (QED) is 0.0573. The summed E-state index contributed by atoms with van der Waals surface area (Å²) in [6, 6.07) is 24.9. The minimum Gasteiger partial charge on any atom is -0.458 e. The number of carbonyl (C=O) groups is 2. The van der Waals surface area contributed by atoms with Crippen LogP contribution in [0, 0.1) is 16.0 Å². The fraction of sp³-hybridized carbons (Fsp3) is 0.432. The van der Waals surface area contributed by atoms with Crippen LogP contribution in [0.2, 0.25) is 0 Å². The van der Waals surface area contributed by atoms with Gasteiger partial charge in [0.15, 0.2) is 0 Å². The lowest BCUT2D eigenvalue weighted by Crippen LogP contribution is -2.49. The third kappa shape index (κ3) is 9.71. The highest BCUT2D eigenvalue weighted by Gasteiger charge is 2.35. The average Bonchev–Trinajstić information content (AvgIpc) is 3.55. The zero-order valence-electron chi connectivity index (χ0n) is 29.3. The molecule has 0 radical (unpaired) electrons. The number of rotatable bonds is 15. The number of benzene rings is 3. The number of unbranched alkanes of at least 4 members (excludes halogenated alkanes) is 1. The normalized spacial score (nSPS) is 12.4. The van der Waals surface area contributed by atoms with Crippen molar-refractivity contribution in [2.45, 2.75) is 91.5 Å². The van der Waals surface area contributed by atoms with Crippen LogP contribution in [-0.4, -0.2) is 60.3 Å². The number of carbonyl (C=O) groups excluding carboxylic acids is 2. The molecule has 3 aromatic carbocycles. The van der Waals surface area contributed by atoms with E-state index in [1.807, 2.05) is 107 Å². The van der Waals surface area contributed by atoms with Crippen molar-refractivity contribution < 1.29 is 24.3 Å². The molecule has 0 unspecified atom stereocenters. The number of hydrogen-bond donors (Lipinski definition) is 0. The predicted octanol–water partition coefficient (Wildman–Crippen LogP) is 6.86. The van der Waals surface area contributed by atoms with Crippen molar-refractivity contribution in [1.82, 2.24) is 25.1 Å². The second-order valence-corrected chi connectivity index (χ2v) is 13.8. The summed E-state index contributed by atoms with van der Waals surface area (Å²) < 4.78 is 5.73. The molecule has 0 aliphatic carbocycles. The van der Waals surface area contributed by atoms with Crippen LogP contribution in [0.3, 0.4) is 0 Å². The Labute approximate surface area is 287 Å². The van der Waals surface area contributed by atoms with Crippen molar-refractivity contribution in [3.05, 3.63) is 100 Å². The molecular weight excluding hydrogens is 624 g/mol. The zero-order chi connectivity index (χ0) is 35.8. The first-order valence-electron chi connectivity index (χ1n) is 16.5. The molecule has 0 N–H and O–H groups in total. The van der Waals surface area contributed by atoms with Crippen LogP contribution in [0.1, 0.15) is 78.9 Å². The minimum atomic E-state index is -0.847. The number of ether oxygens (including phenoxy) is 1. The Morgan fingerprint density at radius 3 is 2.14 bits per heavy atom. The van der Waals surface area contributed by atoms with E-state index in [1.54, 1.807) is 30.5 Å². The molecule has 0 fully saturated rings. The Morgan fingerprint density at radius 1 is 0.898 bits per heavy atom. The third-order valence-electron chi connectivity index (χ3n) is 8.10. The summed E-state index contributed by atoms with van der Waals surface area (Å²) >= 11 is 0. The molecule has 1 heterocycles. The summed E-state index contributed by atoms with van der Waals surface area (Å²) in [6.07, 6.45) is 0.812. The first-order valence-corrected chi connectivity index (χ1v) is 16.5. The lowest BCUT2D eigenvalue weighted by molar-refractivity contribution is -0.757. The van der Waals surface area contributed by atoms with E-state index in [9.17, 15) is 19.7 Å². The van der Waals surface area contributed by atoms with Crippen LogP contribution >= 0.6 is 0 Å². The minimum absolute atomic E-state index is 0.0977. The number of hydrogen-bond acceptors (Lipinski definition) is 9. The van der Waals surface area contributed by atoms with E-state index in [0.717, 1.165) is 27.8 Å². The Hall–Kier alpha value is -5.13. The van der Waals surface area contributed by atoms with Crippen molar-refractivity contribution in [3.8, 4) is 22.5 Å². The molecular formula is C37H46N6O6. The molecule has 1 aromatic heterocycles. The van der Waals surface area contributed by atoms with Crippen LogP contribution in [-0.2, 0) is 31.2 Å². The maximum Gasteiger partial charge on any atom is 0.329 e. The maximum absolute atomic E-state index is 13.6. The van der Waals surface area contributed by atoms with Gasteiger partial charge >= 0.3 is 5.97 Å². The Morgan fingerprint density at radius 2 is 1.53 bits per heavy atom. The van der Waals surface area contributed by atoms with Crippen LogP contribution < -0.4 is 0 Å². The maximum atomic E-state index is 13.6. The number of aromatic nitrogens is 4. The monoisotopic (exact) mass is 670 g/mol. The first-order chi connectivity index (χ1) is 23.2. The van der Waals surface area contributed by atoms with E-state index in [1.165, 1.54) is 0 Å². The van der Waals surface area contributed by atoms with Gasteiger partial charge in [0.25, 0.3) is 5.09 Å². The third-order valence-corrected chi connectivity index (χ3v) is 8.10. The summed E-state index contributed by atoms with van der Waals surface area (Å²) in [4.78, 5) is 45.1. The molecule has 4 rings (SSSR count). The van der Waals surface area contributed by atoms with Gasteiger partial charge in [-0.1, -0.05) is 92.7 Å². The Bertz CT molecular complexity index is 1710. The van der Waals surface area contributed by atoms with Gasteiger partial charge in [-0.15, -0.1) is 20.3 Å².